The quantitative estimate of drug-likeness (QED) is 0.719. The number of amides is 1. The summed E-state index contributed by atoms with van der Waals surface area (Å²) in [6.45, 7) is 8.13. The lowest BCUT2D eigenvalue weighted by atomic mass is 10.0. The van der Waals surface area contributed by atoms with E-state index in [1.54, 1.807) is 23.5 Å². The van der Waals surface area contributed by atoms with Crippen LogP contribution in [0.3, 0.4) is 0 Å². The van der Waals surface area contributed by atoms with Crippen LogP contribution in [0.2, 0.25) is 5.02 Å². The van der Waals surface area contributed by atoms with Crippen molar-refractivity contribution in [1.29, 1.82) is 0 Å². The van der Waals surface area contributed by atoms with Crippen LogP contribution >= 0.6 is 11.6 Å². The van der Waals surface area contributed by atoms with Gasteiger partial charge in [-0.2, -0.15) is 4.98 Å². The van der Waals surface area contributed by atoms with Crippen molar-refractivity contribution in [2.75, 3.05) is 28.2 Å². The van der Waals surface area contributed by atoms with Gasteiger partial charge in [0.15, 0.2) is 5.82 Å². The summed E-state index contributed by atoms with van der Waals surface area (Å²) in [5.74, 6) is 1.37. The highest BCUT2D eigenvalue weighted by Crippen LogP contribution is 2.30. The molecule has 1 N–H and O–H groups in total. The molecule has 1 atom stereocenters. The minimum Gasteiger partial charge on any atom is -0.353 e. The van der Waals surface area contributed by atoms with Crippen LogP contribution in [0, 0.1) is 0 Å². The number of nitrogens with one attached hydrogen (secondary N) is 1. The molecular formula is C22H31ClN6O. The summed E-state index contributed by atoms with van der Waals surface area (Å²) >= 11 is 6.37. The Hall–Kier alpha value is -2.41. The summed E-state index contributed by atoms with van der Waals surface area (Å²) in [5.41, 5.74) is 1.54. The van der Waals surface area contributed by atoms with Gasteiger partial charge in [0.2, 0.25) is 11.9 Å². The third-order valence-electron chi connectivity index (χ3n) is 5.17. The van der Waals surface area contributed by atoms with E-state index in [4.69, 9.17) is 11.6 Å². The second-order valence-electron chi connectivity index (χ2n) is 7.82. The lowest BCUT2D eigenvalue weighted by Crippen LogP contribution is -2.38. The first-order valence-corrected chi connectivity index (χ1v) is 11.2. The zero-order chi connectivity index (χ0) is 21.5. The van der Waals surface area contributed by atoms with Gasteiger partial charge in [-0.05, 0) is 38.7 Å². The molecule has 1 amide bonds. The predicted octanol–water partition coefficient (Wildman–Crippen LogP) is 5.19. The molecule has 30 heavy (non-hydrogen) atoms. The molecule has 4 rings (SSSR count). The molecule has 1 unspecified atom stereocenters. The van der Waals surface area contributed by atoms with E-state index in [9.17, 15) is 4.79 Å². The van der Waals surface area contributed by atoms with Crippen LogP contribution in [0.25, 0.3) is 0 Å². The number of anilines is 4. The van der Waals surface area contributed by atoms with Gasteiger partial charge in [0.25, 0.3) is 0 Å². The van der Waals surface area contributed by atoms with Gasteiger partial charge in [-0.3, -0.25) is 9.78 Å². The average molecular weight is 431 g/mol. The molecule has 7 nitrogen and oxygen atoms in total. The zero-order valence-electron chi connectivity index (χ0n) is 18.1. The van der Waals surface area contributed by atoms with Gasteiger partial charge in [0.1, 0.15) is 5.02 Å². The molecule has 0 bridgehead atoms. The molecule has 8 heteroatoms. The SMILES string of the molecule is CC1CCCCN1c1nc(Nc2cncc(N3CCCC3=O)c2)ncc1Cl.CCC. The van der Waals surface area contributed by atoms with E-state index in [2.05, 4.69) is 45.9 Å². The number of nitrogens with zero attached hydrogens (tertiary/aromatic N) is 5. The van der Waals surface area contributed by atoms with Crippen molar-refractivity contribution >= 4 is 40.6 Å². The maximum atomic E-state index is 12.0. The van der Waals surface area contributed by atoms with E-state index in [1.807, 2.05) is 6.07 Å². The number of pyridine rings is 1. The third-order valence-corrected chi connectivity index (χ3v) is 5.43. The molecule has 2 aliphatic rings. The molecule has 2 saturated heterocycles. The zero-order valence-corrected chi connectivity index (χ0v) is 18.8. The fraction of sp³-hybridized carbons (Fsp3) is 0.545. The highest BCUT2D eigenvalue weighted by molar-refractivity contribution is 6.32. The standard InChI is InChI=1S/C19H23ClN6O.C3H8/c1-13-5-2-3-7-25(13)18-16(20)12-22-19(24-18)23-14-9-15(11-21-10-14)26-8-4-6-17(26)27;1-3-2/h9-13H,2-8H2,1H3,(H,22,23,24);3H2,1-2H3. The van der Waals surface area contributed by atoms with Gasteiger partial charge in [0.05, 0.1) is 30.0 Å². The van der Waals surface area contributed by atoms with Gasteiger partial charge >= 0.3 is 0 Å². The van der Waals surface area contributed by atoms with Crippen molar-refractivity contribution in [3.05, 3.63) is 29.7 Å². The Balaban J connectivity index is 0.000000806. The number of carbonyl (C=O) groups is 1. The molecule has 0 saturated carbocycles. The molecule has 2 aromatic rings. The van der Waals surface area contributed by atoms with Crippen LogP contribution in [-0.2, 0) is 4.79 Å². The second-order valence-corrected chi connectivity index (χ2v) is 8.22. The molecule has 0 aliphatic carbocycles. The summed E-state index contributed by atoms with van der Waals surface area (Å²) in [5, 5.41) is 3.76. The van der Waals surface area contributed by atoms with Crippen molar-refractivity contribution in [1.82, 2.24) is 15.0 Å². The van der Waals surface area contributed by atoms with Crippen molar-refractivity contribution < 1.29 is 4.79 Å². The monoisotopic (exact) mass is 430 g/mol. The molecule has 2 fully saturated rings. The topological polar surface area (TPSA) is 74.2 Å². The first kappa shape index (κ1) is 22.3. The summed E-state index contributed by atoms with van der Waals surface area (Å²) in [4.78, 5) is 29.2. The van der Waals surface area contributed by atoms with Gasteiger partial charge in [-0.15, -0.1) is 0 Å². The van der Waals surface area contributed by atoms with E-state index < -0.39 is 0 Å². The normalized spacial score (nSPS) is 18.8. The minimum atomic E-state index is 0.137. The maximum absolute atomic E-state index is 12.0. The van der Waals surface area contributed by atoms with Crippen LogP contribution in [0.15, 0.2) is 24.7 Å². The number of rotatable bonds is 4. The third kappa shape index (κ3) is 5.39. The van der Waals surface area contributed by atoms with Gasteiger partial charge in [-0.1, -0.05) is 31.9 Å². The summed E-state index contributed by atoms with van der Waals surface area (Å²) in [6.07, 6.45) is 11.3. The van der Waals surface area contributed by atoms with Gasteiger partial charge in [0, 0.05) is 25.6 Å². The first-order valence-electron chi connectivity index (χ1n) is 10.8. The Labute approximate surface area is 183 Å². The van der Waals surface area contributed by atoms with Crippen LogP contribution < -0.4 is 15.1 Å². The van der Waals surface area contributed by atoms with E-state index >= 15 is 0 Å². The van der Waals surface area contributed by atoms with Crippen LogP contribution in [0.1, 0.15) is 59.3 Å². The Morgan fingerprint density at radius 1 is 1.17 bits per heavy atom. The Bertz CT molecular complexity index is 861. The molecule has 0 aromatic carbocycles. The van der Waals surface area contributed by atoms with Crippen molar-refractivity contribution in [3.63, 3.8) is 0 Å². The van der Waals surface area contributed by atoms with E-state index in [0.717, 1.165) is 49.5 Å². The molecule has 0 radical (unpaired) electrons. The maximum Gasteiger partial charge on any atom is 0.229 e. The molecular weight excluding hydrogens is 400 g/mol. The van der Waals surface area contributed by atoms with E-state index in [1.165, 1.54) is 12.8 Å². The number of aromatic nitrogens is 3. The first-order chi connectivity index (χ1) is 14.5. The number of carbonyl (C=O) groups excluding carboxylic acids is 1. The minimum absolute atomic E-state index is 0.137. The lowest BCUT2D eigenvalue weighted by molar-refractivity contribution is -0.117. The molecule has 2 aliphatic heterocycles. The molecule has 4 heterocycles. The largest absolute Gasteiger partial charge is 0.353 e. The van der Waals surface area contributed by atoms with Crippen LogP contribution in [-0.4, -0.2) is 40.0 Å². The highest BCUT2D eigenvalue weighted by atomic mass is 35.5. The number of hydrogen-bond donors (Lipinski definition) is 1. The van der Waals surface area contributed by atoms with Gasteiger partial charge in [-0.25, -0.2) is 4.98 Å². The molecule has 0 spiro atoms. The summed E-state index contributed by atoms with van der Waals surface area (Å²) < 4.78 is 0. The van der Waals surface area contributed by atoms with Crippen LogP contribution in [0.4, 0.5) is 23.1 Å². The van der Waals surface area contributed by atoms with Crippen molar-refractivity contribution in [2.45, 2.75) is 65.3 Å². The summed E-state index contributed by atoms with van der Waals surface area (Å²) in [7, 11) is 0. The molecule has 162 valence electrons. The number of hydrogen-bond acceptors (Lipinski definition) is 6. The van der Waals surface area contributed by atoms with E-state index in [-0.39, 0.29) is 5.91 Å². The second kappa shape index (κ2) is 10.6. The molecule has 2 aromatic heterocycles. The summed E-state index contributed by atoms with van der Waals surface area (Å²) in [6, 6.07) is 2.31. The number of piperidine rings is 1. The Kier molecular flexibility index (Phi) is 7.85. The Morgan fingerprint density at radius 2 is 1.97 bits per heavy atom. The van der Waals surface area contributed by atoms with Crippen LogP contribution in [0.5, 0.6) is 0 Å². The average Bonchev–Trinajstić information content (AvgIpc) is 3.17. The fourth-order valence-corrected chi connectivity index (χ4v) is 3.93. The lowest BCUT2D eigenvalue weighted by Gasteiger charge is -2.34. The Morgan fingerprint density at radius 3 is 2.67 bits per heavy atom. The van der Waals surface area contributed by atoms with Crippen molar-refractivity contribution in [2.24, 2.45) is 0 Å². The van der Waals surface area contributed by atoms with Crippen molar-refractivity contribution in [3.8, 4) is 0 Å². The van der Waals surface area contributed by atoms with Gasteiger partial charge < -0.3 is 15.1 Å². The fourth-order valence-electron chi connectivity index (χ4n) is 3.73. The number of halogens is 1. The van der Waals surface area contributed by atoms with E-state index in [0.29, 0.717) is 23.4 Å². The predicted molar refractivity (Wildman–Crippen MR) is 123 cm³/mol. The smallest absolute Gasteiger partial charge is 0.229 e. The highest BCUT2D eigenvalue weighted by Gasteiger charge is 2.24.